The highest BCUT2D eigenvalue weighted by Gasteiger charge is 2.14. The summed E-state index contributed by atoms with van der Waals surface area (Å²) in [5.41, 5.74) is 0.318. The Morgan fingerprint density at radius 3 is 2.19 bits per heavy atom. The van der Waals surface area contributed by atoms with Crippen molar-refractivity contribution < 1.29 is 19.0 Å². The molecule has 0 unspecified atom stereocenters. The van der Waals surface area contributed by atoms with Gasteiger partial charge in [-0.05, 0) is 36.4 Å². The average molecular weight is 327 g/mol. The van der Waals surface area contributed by atoms with E-state index in [4.69, 9.17) is 37.4 Å². The fourth-order valence-corrected chi connectivity index (χ4v) is 2.13. The van der Waals surface area contributed by atoms with Gasteiger partial charge in [0.2, 0.25) is 0 Å². The molecule has 21 heavy (non-hydrogen) atoms. The molecule has 0 aliphatic carbocycles. The monoisotopic (exact) mass is 326 g/mol. The number of hydrogen-bond donors (Lipinski definition) is 0. The van der Waals surface area contributed by atoms with E-state index in [1.165, 1.54) is 32.4 Å². The molecule has 2 aromatic rings. The van der Waals surface area contributed by atoms with Gasteiger partial charge < -0.3 is 14.2 Å². The van der Waals surface area contributed by atoms with Gasteiger partial charge in [0.05, 0.1) is 24.8 Å². The quantitative estimate of drug-likeness (QED) is 0.623. The molecule has 0 spiro atoms. The van der Waals surface area contributed by atoms with E-state index in [1.54, 1.807) is 18.2 Å². The summed E-state index contributed by atoms with van der Waals surface area (Å²) in [6.45, 7) is 0. The zero-order valence-electron chi connectivity index (χ0n) is 11.4. The first-order valence-corrected chi connectivity index (χ1v) is 6.70. The van der Waals surface area contributed by atoms with Crippen LogP contribution in [0.3, 0.4) is 0 Å². The lowest BCUT2D eigenvalue weighted by molar-refractivity contribution is 0.0734. The minimum atomic E-state index is -0.555. The van der Waals surface area contributed by atoms with Crippen molar-refractivity contribution in [3.05, 3.63) is 52.0 Å². The summed E-state index contributed by atoms with van der Waals surface area (Å²) in [6, 6.07) is 9.35. The molecule has 0 bridgehead atoms. The van der Waals surface area contributed by atoms with Gasteiger partial charge in [-0.1, -0.05) is 23.2 Å². The van der Waals surface area contributed by atoms with E-state index in [-0.39, 0.29) is 10.8 Å². The first kappa shape index (κ1) is 15.5. The molecule has 0 aliphatic heterocycles. The minimum Gasteiger partial charge on any atom is -0.493 e. The molecule has 0 aliphatic rings. The predicted octanol–water partition coefficient (Wildman–Crippen LogP) is 4.23. The number of hydrogen-bond acceptors (Lipinski definition) is 4. The number of benzene rings is 2. The molecule has 0 fully saturated rings. The van der Waals surface area contributed by atoms with Gasteiger partial charge in [-0.25, -0.2) is 4.79 Å². The van der Waals surface area contributed by atoms with Crippen LogP contribution in [0.4, 0.5) is 0 Å². The van der Waals surface area contributed by atoms with Crippen LogP contribution in [0.2, 0.25) is 10.0 Å². The van der Waals surface area contributed by atoms with Crippen LogP contribution in [-0.2, 0) is 0 Å². The topological polar surface area (TPSA) is 44.8 Å². The number of rotatable bonds is 4. The van der Waals surface area contributed by atoms with Crippen molar-refractivity contribution in [1.29, 1.82) is 0 Å². The van der Waals surface area contributed by atoms with E-state index < -0.39 is 5.97 Å². The first-order valence-electron chi connectivity index (χ1n) is 5.94. The lowest BCUT2D eigenvalue weighted by Gasteiger charge is -2.10. The average Bonchev–Trinajstić information content (AvgIpc) is 2.49. The third kappa shape index (κ3) is 3.60. The molecular formula is C15H12Cl2O4. The number of esters is 1. The van der Waals surface area contributed by atoms with Crippen LogP contribution in [-0.4, -0.2) is 20.2 Å². The minimum absolute atomic E-state index is 0.237. The second-order valence-corrected chi connectivity index (χ2v) is 4.88. The van der Waals surface area contributed by atoms with Gasteiger partial charge in [-0.2, -0.15) is 0 Å². The number of carbonyl (C=O) groups is 1. The zero-order chi connectivity index (χ0) is 15.4. The van der Waals surface area contributed by atoms with Crippen molar-refractivity contribution in [2.24, 2.45) is 0 Å². The molecule has 4 nitrogen and oxygen atoms in total. The fourth-order valence-electron chi connectivity index (χ4n) is 1.68. The smallest absolute Gasteiger partial charge is 0.343 e. The third-order valence-electron chi connectivity index (χ3n) is 2.72. The standard InChI is InChI=1S/C15H12Cl2O4/c1-19-13-5-3-9(7-14(13)20-2)15(18)21-12-6-4-10(16)8-11(12)17/h3-8H,1-2H3. The molecule has 110 valence electrons. The van der Waals surface area contributed by atoms with E-state index in [0.29, 0.717) is 22.1 Å². The molecule has 0 atom stereocenters. The molecule has 0 heterocycles. The van der Waals surface area contributed by atoms with E-state index in [2.05, 4.69) is 0 Å². The molecule has 0 N–H and O–H groups in total. The van der Waals surface area contributed by atoms with Crippen LogP contribution in [0.5, 0.6) is 17.2 Å². The van der Waals surface area contributed by atoms with Crippen molar-refractivity contribution in [2.45, 2.75) is 0 Å². The molecule has 2 aromatic carbocycles. The molecule has 0 saturated carbocycles. The molecular weight excluding hydrogens is 315 g/mol. The van der Waals surface area contributed by atoms with Crippen molar-refractivity contribution in [1.82, 2.24) is 0 Å². The van der Waals surface area contributed by atoms with E-state index in [9.17, 15) is 4.79 Å². The number of halogens is 2. The molecule has 0 radical (unpaired) electrons. The van der Waals surface area contributed by atoms with Crippen LogP contribution in [0, 0.1) is 0 Å². The molecule has 0 saturated heterocycles. The Morgan fingerprint density at radius 2 is 1.57 bits per heavy atom. The Labute approximate surface area is 132 Å². The summed E-state index contributed by atoms with van der Waals surface area (Å²) < 4.78 is 15.5. The van der Waals surface area contributed by atoms with Gasteiger partial charge in [-0.15, -0.1) is 0 Å². The highest BCUT2D eigenvalue weighted by Crippen LogP contribution is 2.30. The normalized spacial score (nSPS) is 10.1. The summed E-state index contributed by atoms with van der Waals surface area (Å²) >= 11 is 11.7. The summed E-state index contributed by atoms with van der Waals surface area (Å²) in [4.78, 5) is 12.1. The summed E-state index contributed by atoms with van der Waals surface area (Å²) in [7, 11) is 3.01. The second-order valence-electron chi connectivity index (χ2n) is 4.03. The van der Waals surface area contributed by atoms with Crippen LogP contribution in [0.25, 0.3) is 0 Å². The van der Waals surface area contributed by atoms with Crippen molar-refractivity contribution in [3.63, 3.8) is 0 Å². The Balaban J connectivity index is 2.24. The zero-order valence-corrected chi connectivity index (χ0v) is 12.9. The van der Waals surface area contributed by atoms with Crippen LogP contribution >= 0.6 is 23.2 Å². The van der Waals surface area contributed by atoms with Gasteiger partial charge in [-0.3, -0.25) is 0 Å². The highest BCUT2D eigenvalue weighted by atomic mass is 35.5. The van der Waals surface area contributed by atoms with Crippen LogP contribution < -0.4 is 14.2 Å². The van der Waals surface area contributed by atoms with E-state index >= 15 is 0 Å². The SMILES string of the molecule is COc1ccc(C(=O)Oc2ccc(Cl)cc2Cl)cc1OC. The Morgan fingerprint density at radius 1 is 0.905 bits per heavy atom. The van der Waals surface area contributed by atoms with E-state index in [0.717, 1.165) is 0 Å². The third-order valence-corrected chi connectivity index (χ3v) is 3.25. The summed E-state index contributed by atoms with van der Waals surface area (Å²) in [5.74, 6) is 0.647. The van der Waals surface area contributed by atoms with E-state index in [1.807, 2.05) is 0 Å². The summed E-state index contributed by atoms with van der Waals surface area (Å²) in [6.07, 6.45) is 0. The lowest BCUT2D eigenvalue weighted by atomic mass is 10.2. The predicted molar refractivity (Wildman–Crippen MR) is 81.0 cm³/mol. The Kier molecular flexibility index (Phi) is 4.94. The van der Waals surface area contributed by atoms with Gasteiger partial charge in [0, 0.05) is 5.02 Å². The van der Waals surface area contributed by atoms with Crippen molar-refractivity contribution in [3.8, 4) is 17.2 Å². The molecule has 6 heteroatoms. The number of methoxy groups -OCH3 is 2. The number of ether oxygens (including phenoxy) is 3. The fraction of sp³-hybridized carbons (Fsp3) is 0.133. The molecule has 2 rings (SSSR count). The highest BCUT2D eigenvalue weighted by molar-refractivity contribution is 6.35. The Bertz CT molecular complexity index is 671. The van der Waals surface area contributed by atoms with Gasteiger partial charge in [0.25, 0.3) is 0 Å². The van der Waals surface area contributed by atoms with Gasteiger partial charge in [0.15, 0.2) is 11.5 Å². The molecule has 0 amide bonds. The Hall–Kier alpha value is -1.91. The van der Waals surface area contributed by atoms with Crippen LogP contribution in [0.1, 0.15) is 10.4 Å². The van der Waals surface area contributed by atoms with Crippen molar-refractivity contribution >= 4 is 29.2 Å². The maximum atomic E-state index is 12.1. The van der Waals surface area contributed by atoms with Gasteiger partial charge in [0.1, 0.15) is 5.75 Å². The van der Waals surface area contributed by atoms with Crippen LogP contribution in [0.15, 0.2) is 36.4 Å². The largest absolute Gasteiger partial charge is 0.493 e. The van der Waals surface area contributed by atoms with Crippen molar-refractivity contribution in [2.75, 3.05) is 14.2 Å². The van der Waals surface area contributed by atoms with Gasteiger partial charge >= 0.3 is 5.97 Å². The second kappa shape index (κ2) is 6.70. The maximum absolute atomic E-state index is 12.1. The lowest BCUT2D eigenvalue weighted by Crippen LogP contribution is -2.09. The molecule has 0 aromatic heterocycles. The first-order chi connectivity index (χ1) is 10.0. The number of carbonyl (C=O) groups excluding carboxylic acids is 1. The maximum Gasteiger partial charge on any atom is 0.343 e. The summed E-state index contributed by atoms with van der Waals surface area (Å²) in [5, 5.41) is 0.724.